The van der Waals surface area contributed by atoms with Gasteiger partial charge in [-0.1, -0.05) is 18.2 Å². The van der Waals surface area contributed by atoms with Crippen molar-refractivity contribution in [2.75, 3.05) is 0 Å². The fraction of sp³-hybridized carbons (Fsp3) is 0. The first kappa shape index (κ1) is 3.68. The molecule has 0 aliphatic carbocycles. The van der Waals surface area contributed by atoms with Crippen molar-refractivity contribution in [3.8, 4) is 6.07 Å². The number of hydrogen-bond donors (Lipinski definition) is 0. The summed E-state index contributed by atoms with van der Waals surface area (Å²) in [6.45, 7) is 0. The van der Waals surface area contributed by atoms with Gasteiger partial charge in [0.1, 0.15) is 0 Å². The van der Waals surface area contributed by atoms with Crippen molar-refractivity contribution in [2.45, 2.75) is 0 Å². The van der Waals surface area contributed by atoms with Crippen LogP contribution in [0.15, 0.2) is 30.3 Å². The predicted octanol–water partition coefficient (Wildman–Crippen LogP) is 1.56. The average molecular weight is 105 g/mol. The number of nitriles is 1. The minimum Gasteiger partial charge on any atom is -0.192 e. The first-order valence-electron chi connectivity index (χ1n) is 2.79. The van der Waals surface area contributed by atoms with Crippen LogP contribution in [0, 0.1) is 11.3 Å². The van der Waals surface area contributed by atoms with Crippen LogP contribution in [0.3, 0.4) is 0 Å². The topological polar surface area (TPSA) is 23.8 Å². The highest BCUT2D eigenvalue weighted by molar-refractivity contribution is 5.27. The molecule has 0 atom stereocenters. The summed E-state index contributed by atoms with van der Waals surface area (Å²) in [6, 6.07) is 8.87. The lowest BCUT2D eigenvalue weighted by molar-refractivity contribution is 1.49. The number of hydrogen-bond acceptors (Lipinski definition) is 1. The molecule has 0 heterocycles. The van der Waals surface area contributed by atoms with Gasteiger partial charge in [-0.05, 0) is 12.1 Å². The standard InChI is InChI=1S/C7H5N/c8-6-7-4-2-1-3-5-7/h1-5H/i2T. The monoisotopic (exact) mass is 105 g/mol. The smallest absolute Gasteiger partial charge is 0.0991 e. The highest BCUT2D eigenvalue weighted by Gasteiger charge is 1.79. The minimum atomic E-state index is 0.383. The first-order valence-corrected chi connectivity index (χ1v) is 2.29. The second kappa shape index (κ2) is 2.13. The number of rotatable bonds is 0. The minimum absolute atomic E-state index is 0.383. The molecule has 1 aromatic rings. The molecule has 1 rings (SSSR count). The Kier molecular flexibility index (Phi) is 0.980. The summed E-state index contributed by atoms with van der Waals surface area (Å²) in [5.74, 6) is 0. The maximum atomic E-state index is 8.33. The highest BCUT2D eigenvalue weighted by atomic mass is 14.2. The van der Waals surface area contributed by atoms with E-state index >= 15 is 0 Å². The molecule has 0 radical (unpaired) electrons. The molecule has 1 nitrogen and oxygen atoms in total. The van der Waals surface area contributed by atoms with Crippen molar-refractivity contribution in [3.05, 3.63) is 35.9 Å². The zero-order valence-electron chi connectivity index (χ0n) is 5.26. The fourth-order valence-corrected chi connectivity index (χ4v) is 0.463. The molecule has 8 heavy (non-hydrogen) atoms. The van der Waals surface area contributed by atoms with E-state index in [9.17, 15) is 0 Å². The van der Waals surface area contributed by atoms with Gasteiger partial charge in [0.2, 0.25) is 0 Å². The fourth-order valence-electron chi connectivity index (χ4n) is 0.463. The van der Waals surface area contributed by atoms with Crippen molar-refractivity contribution in [1.82, 2.24) is 0 Å². The molecule has 0 aliphatic heterocycles. The molecule has 0 aliphatic rings. The van der Waals surface area contributed by atoms with E-state index in [0.29, 0.717) is 11.6 Å². The Bertz CT molecular complexity index is 249. The van der Waals surface area contributed by atoms with Crippen molar-refractivity contribution < 1.29 is 1.37 Å². The molecular formula is C7H5N. The molecule has 0 fully saturated rings. The van der Waals surface area contributed by atoms with Crippen LogP contribution in [0.2, 0.25) is 0 Å². The Morgan fingerprint density at radius 2 is 2.38 bits per heavy atom. The molecule has 0 saturated carbocycles. The molecule has 0 aromatic heterocycles. The average Bonchev–Trinajstić information content (AvgIpc) is 1.88. The summed E-state index contributed by atoms with van der Waals surface area (Å²) in [6.07, 6.45) is 0. The maximum Gasteiger partial charge on any atom is 0.0991 e. The first-order chi connectivity index (χ1) is 4.33. The normalized spacial score (nSPS) is 9.62. The van der Waals surface area contributed by atoms with E-state index in [1.54, 1.807) is 18.2 Å². The number of benzene rings is 1. The van der Waals surface area contributed by atoms with Gasteiger partial charge in [0.15, 0.2) is 0 Å². The maximum absolute atomic E-state index is 8.33. The summed E-state index contributed by atoms with van der Waals surface area (Å²) in [4.78, 5) is 0. The molecule has 0 unspecified atom stereocenters. The van der Waals surface area contributed by atoms with Gasteiger partial charge in [-0.25, -0.2) is 0 Å². The van der Waals surface area contributed by atoms with E-state index in [4.69, 9.17) is 6.63 Å². The van der Waals surface area contributed by atoms with Gasteiger partial charge < -0.3 is 0 Å². The van der Waals surface area contributed by atoms with E-state index in [2.05, 4.69) is 0 Å². The summed E-state index contributed by atoms with van der Waals surface area (Å²) in [5, 5.41) is 8.33. The Morgan fingerprint density at radius 3 is 2.88 bits per heavy atom. The van der Waals surface area contributed by atoms with Crippen molar-refractivity contribution in [2.24, 2.45) is 0 Å². The summed E-state index contributed by atoms with van der Waals surface area (Å²) in [7, 11) is 0. The summed E-state index contributed by atoms with van der Waals surface area (Å²) < 4.78 is 7.09. The van der Waals surface area contributed by atoms with Crippen molar-refractivity contribution >= 4 is 0 Å². The van der Waals surface area contributed by atoms with Crippen LogP contribution < -0.4 is 0 Å². The van der Waals surface area contributed by atoms with E-state index in [1.807, 2.05) is 6.07 Å². The predicted molar refractivity (Wildman–Crippen MR) is 31.2 cm³/mol. The van der Waals surface area contributed by atoms with Crippen LogP contribution in [0.25, 0.3) is 0 Å². The van der Waals surface area contributed by atoms with Gasteiger partial charge >= 0.3 is 0 Å². The summed E-state index contributed by atoms with van der Waals surface area (Å²) in [5.41, 5.74) is 0.544. The van der Waals surface area contributed by atoms with Crippen LogP contribution in [0.4, 0.5) is 0 Å². The summed E-state index contributed by atoms with van der Waals surface area (Å²) >= 11 is 0. The van der Waals surface area contributed by atoms with E-state index in [1.165, 1.54) is 6.07 Å². The molecule has 0 amide bonds. The third-order valence-electron chi connectivity index (χ3n) is 0.836. The van der Waals surface area contributed by atoms with E-state index in [-0.39, 0.29) is 0 Å². The molecule has 0 N–H and O–H groups in total. The van der Waals surface area contributed by atoms with Gasteiger partial charge in [-0.2, -0.15) is 5.26 Å². The second-order valence-corrected chi connectivity index (χ2v) is 1.40. The van der Waals surface area contributed by atoms with Crippen LogP contribution in [0.1, 0.15) is 6.93 Å². The van der Waals surface area contributed by atoms with Gasteiger partial charge in [0, 0.05) is 0 Å². The van der Waals surface area contributed by atoms with Crippen LogP contribution in [-0.4, -0.2) is 0 Å². The molecule has 0 spiro atoms. The Hall–Kier alpha value is -1.29. The zero-order valence-corrected chi connectivity index (χ0v) is 4.26. The molecule has 1 aromatic carbocycles. The lowest BCUT2D eigenvalue weighted by Crippen LogP contribution is -1.66. The van der Waals surface area contributed by atoms with E-state index in [0.717, 1.165) is 0 Å². The van der Waals surface area contributed by atoms with Gasteiger partial charge in [-0.3, -0.25) is 0 Å². The molecule has 1 heteroatoms. The lowest BCUT2D eigenvalue weighted by atomic mass is 10.2. The van der Waals surface area contributed by atoms with Crippen molar-refractivity contribution in [1.29, 1.82) is 5.26 Å². The Balaban J connectivity index is 3.12. The Morgan fingerprint density at radius 1 is 1.50 bits per heavy atom. The van der Waals surface area contributed by atoms with E-state index < -0.39 is 0 Å². The third-order valence-corrected chi connectivity index (χ3v) is 0.836. The quantitative estimate of drug-likeness (QED) is 0.491. The van der Waals surface area contributed by atoms with Crippen LogP contribution in [-0.2, 0) is 0 Å². The second-order valence-electron chi connectivity index (χ2n) is 1.40. The van der Waals surface area contributed by atoms with Gasteiger partial charge in [0.25, 0.3) is 0 Å². The SMILES string of the molecule is [3H]c1cccc(C#N)c1. The third kappa shape index (κ3) is 0.855. The van der Waals surface area contributed by atoms with Crippen LogP contribution in [0.5, 0.6) is 0 Å². The molecule has 0 saturated heterocycles. The largest absolute Gasteiger partial charge is 0.192 e. The molecular weight excluding hydrogens is 98.1 g/mol. The zero-order chi connectivity index (χ0) is 6.69. The Labute approximate surface area is 49.6 Å². The molecule has 38 valence electrons. The van der Waals surface area contributed by atoms with Gasteiger partial charge in [0.05, 0.1) is 13.0 Å². The van der Waals surface area contributed by atoms with Crippen molar-refractivity contribution in [3.63, 3.8) is 0 Å². The van der Waals surface area contributed by atoms with Crippen LogP contribution >= 0.6 is 0 Å². The number of nitrogens with zero attached hydrogens (tertiary/aromatic N) is 1. The molecule has 0 bridgehead atoms. The highest BCUT2D eigenvalue weighted by Crippen LogP contribution is 1.92. The van der Waals surface area contributed by atoms with Gasteiger partial charge in [-0.15, -0.1) is 0 Å². The lowest BCUT2D eigenvalue weighted by Gasteiger charge is -1.80.